The van der Waals surface area contributed by atoms with E-state index in [1.807, 2.05) is 0 Å². The van der Waals surface area contributed by atoms with Gasteiger partial charge in [0.2, 0.25) is 0 Å². The van der Waals surface area contributed by atoms with Crippen molar-refractivity contribution in [2.75, 3.05) is 6.54 Å². The summed E-state index contributed by atoms with van der Waals surface area (Å²) in [5.41, 5.74) is 0. The molecule has 0 saturated heterocycles. The van der Waals surface area contributed by atoms with E-state index in [-0.39, 0.29) is 0 Å². The minimum atomic E-state index is 0.764. The predicted molar refractivity (Wildman–Crippen MR) is 33.3 cm³/mol. The molecule has 0 aromatic heterocycles. The van der Waals surface area contributed by atoms with Crippen LogP contribution in [0.3, 0.4) is 0 Å². The van der Waals surface area contributed by atoms with Gasteiger partial charge in [-0.1, -0.05) is 13.3 Å². The van der Waals surface area contributed by atoms with Crippen LogP contribution < -0.4 is 0 Å². The van der Waals surface area contributed by atoms with Crippen molar-refractivity contribution < 1.29 is 0 Å². The fourth-order valence-corrected chi connectivity index (χ4v) is 0.517. The zero-order valence-corrected chi connectivity index (χ0v) is 5.84. The Kier molecular flexibility index (Phi) is 5.05. The van der Waals surface area contributed by atoms with E-state index in [0.717, 1.165) is 23.3 Å². The Labute approximate surface area is 54.4 Å². The van der Waals surface area contributed by atoms with Crippen molar-refractivity contribution in [1.82, 2.24) is 3.94 Å². The molecule has 44 valence electrons. The van der Waals surface area contributed by atoms with Crippen LogP contribution in [0, 0.1) is 0 Å². The molecule has 0 N–H and O–H groups in total. The summed E-state index contributed by atoms with van der Waals surface area (Å²) in [6, 6.07) is 0. The van der Waals surface area contributed by atoms with Gasteiger partial charge in [-0.3, -0.25) is 0 Å². The number of nitrogens with zero attached hydrogens (tertiary/aromatic N) is 1. The first-order valence-corrected chi connectivity index (χ1v) is 3.04. The third kappa shape index (κ3) is 6.54. The maximum absolute atomic E-state index is 5.26. The number of hydrogen-bond donors (Lipinski definition) is 0. The summed E-state index contributed by atoms with van der Waals surface area (Å²) in [5.74, 6) is 0. The molecule has 0 radical (unpaired) electrons. The summed E-state index contributed by atoms with van der Waals surface area (Å²) in [4.78, 5) is 0. The van der Waals surface area contributed by atoms with Crippen molar-refractivity contribution in [2.45, 2.75) is 19.8 Å². The van der Waals surface area contributed by atoms with Gasteiger partial charge in [0.25, 0.3) is 0 Å². The summed E-state index contributed by atoms with van der Waals surface area (Å²) in [6.07, 6.45) is 2.20. The molecule has 0 aromatic carbocycles. The second kappa shape index (κ2) is 4.69. The van der Waals surface area contributed by atoms with Crippen molar-refractivity contribution >= 4 is 23.6 Å². The molecule has 0 aromatic rings. The highest BCUT2D eigenvalue weighted by Crippen LogP contribution is 2.00. The molecule has 0 fully saturated rings. The van der Waals surface area contributed by atoms with Gasteiger partial charge in [-0.25, -0.2) is 0 Å². The Bertz CT molecular complexity index is 38.7. The predicted octanol–water partition coefficient (Wildman–Crippen LogP) is 2.40. The number of rotatable bonds is 3. The average Bonchev–Trinajstić information content (AvgIpc) is 1.61. The van der Waals surface area contributed by atoms with Crippen molar-refractivity contribution in [3.05, 3.63) is 0 Å². The molecule has 0 atom stereocenters. The first-order chi connectivity index (χ1) is 3.27. The van der Waals surface area contributed by atoms with Gasteiger partial charge in [-0.15, -0.1) is 3.94 Å². The second-order valence-corrected chi connectivity index (χ2v) is 2.37. The van der Waals surface area contributed by atoms with Crippen molar-refractivity contribution in [3.8, 4) is 0 Å². The molecule has 0 aliphatic heterocycles. The van der Waals surface area contributed by atoms with E-state index in [9.17, 15) is 0 Å². The lowest BCUT2D eigenvalue weighted by atomic mass is 10.3. The largest absolute Gasteiger partial charge is 0.132 e. The molecular formula is C4H9Cl2N. The van der Waals surface area contributed by atoms with E-state index in [1.165, 1.54) is 0 Å². The molecule has 7 heavy (non-hydrogen) atoms. The lowest BCUT2D eigenvalue weighted by Crippen LogP contribution is -1.97. The van der Waals surface area contributed by atoms with E-state index in [4.69, 9.17) is 23.6 Å². The molecular weight excluding hydrogens is 133 g/mol. The first-order valence-electron chi connectivity index (χ1n) is 2.36. The van der Waals surface area contributed by atoms with Gasteiger partial charge >= 0.3 is 0 Å². The zero-order valence-electron chi connectivity index (χ0n) is 4.32. The minimum absolute atomic E-state index is 0.764. The Balaban J connectivity index is 2.68. The Morgan fingerprint density at radius 2 is 2.00 bits per heavy atom. The normalized spacial score (nSPS) is 10.3. The molecule has 1 nitrogen and oxygen atoms in total. The maximum atomic E-state index is 5.26. The van der Waals surface area contributed by atoms with Gasteiger partial charge in [-0.2, -0.15) is 0 Å². The first kappa shape index (κ1) is 7.54. The van der Waals surface area contributed by atoms with Crippen LogP contribution >= 0.6 is 23.6 Å². The second-order valence-electron chi connectivity index (χ2n) is 1.38. The van der Waals surface area contributed by atoms with Crippen LogP contribution in [0.1, 0.15) is 19.8 Å². The van der Waals surface area contributed by atoms with Crippen molar-refractivity contribution in [1.29, 1.82) is 0 Å². The van der Waals surface area contributed by atoms with E-state index in [2.05, 4.69) is 6.92 Å². The van der Waals surface area contributed by atoms with Gasteiger partial charge in [-0.05, 0) is 30.0 Å². The minimum Gasteiger partial charge on any atom is -0.132 e. The standard InChI is InChI=1S/C4H9Cl2N/c1-2-3-4-7(5)6/h2-4H2,1H3. The van der Waals surface area contributed by atoms with Gasteiger partial charge in [0.15, 0.2) is 0 Å². The zero-order chi connectivity index (χ0) is 5.70. The molecule has 0 heterocycles. The Morgan fingerprint density at radius 1 is 1.43 bits per heavy atom. The fourth-order valence-electron chi connectivity index (χ4n) is 0.278. The summed E-state index contributed by atoms with van der Waals surface area (Å²) >= 11 is 10.5. The quantitative estimate of drug-likeness (QED) is 0.547. The Hall–Kier alpha value is 0.540. The molecule has 0 rings (SSSR count). The van der Waals surface area contributed by atoms with Crippen molar-refractivity contribution in [3.63, 3.8) is 0 Å². The highest BCUT2D eigenvalue weighted by Gasteiger charge is 1.89. The molecule has 0 aliphatic carbocycles. The summed E-state index contributed by atoms with van der Waals surface area (Å²) in [6.45, 7) is 2.86. The van der Waals surface area contributed by atoms with Crippen LogP contribution in [0.25, 0.3) is 0 Å². The van der Waals surface area contributed by atoms with Crippen LogP contribution in [-0.2, 0) is 0 Å². The molecule has 0 amide bonds. The molecule has 0 bridgehead atoms. The molecule has 0 unspecified atom stereocenters. The topological polar surface area (TPSA) is 3.24 Å². The van der Waals surface area contributed by atoms with Crippen LogP contribution in [-0.4, -0.2) is 10.5 Å². The highest BCUT2D eigenvalue weighted by molar-refractivity contribution is 6.33. The van der Waals surface area contributed by atoms with Crippen LogP contribution in [0.15, 0.2) is 0 Å². The van der Waals surface area contributed by atoms with E-state index >= 15 is 0 Å². The molecule has 3 heteroatoms. The van der Waals surface area contributed by atoms with Crippen LogP contribution in [0.4, 0.5) is 0 Å². The molecule has 0 aliphatic rings. The summed E-state index contributed by atoms with van der Waals surface area (Å²) in [5, 5.41) is 0. The third-order valence-corrected chi connectivity index (χ3v) is 1.02. The van der Waals surface area contributed by atoms with E-state index < -0.39 is 0 Å². The monoisotopic (exact) mass is 141 g/mol. The van der Waals surface area contributed by atoms with Crippen LogP contribution in [0.2, 0.25) is 0 Å². The van der Waals surface area contributed by atoms with Crippen molar-refractivity contribution in [2.24, 2.45) is 0 Å². The van der Waals surface area contributed by atoms with E-state index in [1.54, 1.807) is 0 Å². The third-order valence-electron chi connectivity index (χ3n) is 0.681. The number of hydrogen-bond acceptors (Lipinski definition) is 1. The smallest absolute Gasteiger partial charge is 0.0304 e. The summed E-state index contributed by atoms with van der Waals surface area (Å²) < 4.78 is 1.16. The SMILES string of the molecule is CCCCN(Cl)Cl. The summed E-state index contributed by atoms with van der Waals surface area (Å²) in [7, 11) is 0. The fraction of sp³-hybridized carbons (Fsp3) is 1.00. The van der Waals surface area contributed by atoms with E-state index in [0.29, 0.717) is 0 Å². The van der Waals surface area contributed by atoms with Gasteiger partial charge < -0.3 is 0 Å². The highest BCUT2D eigenvalue weighted by atomic mass is 35.5. The van der Waals surface area contributed by atoms with Crippen LogP contribution in [0.5, 0.6) is 0 Å². The number of halogens is 2. The molecule has 0 spiro atoms. The van der Waals surface area contributed by atoms with Gasteiger partial charge in [0.1, 0.15) is 0 Å². The van der Waals surface area contributed by atoms with Gasteiger partial charge in [0, 0.05) is 6.54 Å². The molecule has 0 saturated carbocycles. The van der Waals surface area contributed by atoms with Gasteiger partial charge in [0.05, 0.1) is 0 Å². The average molecular weight is 142 g/mol. The lowest BCUT2D eigenvalue weighted by molar-refractivity contribution is 0.637. The lowest BCUT2D eigenvalue weighted by Gasteiger charge is -1.98. The maximum Gasteiger partial charge on any atom is 0.0304 e. The Morgan fingerprint density at radius 3 is 2.14 bits per heavy atom. The number of unbranched alkanes of at least 4 members (excludes halogenated alkanes) is 1.